The predicted octanol–water partition coefficient (Wildman–Crippen LogP) is 5.52. The molecule has 100 valence electrons. The molecule has 0 bridgehead atoms. The van der Waals surface area contributed by atoms with E-state index < -0.39 is 0 Å². The van der Waals surface area contributed by atoms with E-state index in [-0.39, 0.29) is 31.6 Å². The van der Waals surface area contributed by atoms with Crippen LogP contribution in [0.15, 0.2) is 60.7 Å². The first-order valence-corrected chi connectivity index (χ1v) is 6.81. The van der Waals surface area contributed by atoms with Crippen molar-refractivity contribution in [3.8, 4) is 11.1 Å². The van der Waals surface area contributed by atoms with Crippen molar-refractivity contribution in [2.75, 3.05) is 0 Å². The Hall–Kier alpha value is -1.07. The largest absolute Gasteiger partial charge is 0.150 e. The fourth-order valence-corrected chi connectivity index (χ4v) is 2.55. The summed E-state index contributed by atoms with van der Waals surface area (Å²) in [6.07, 6.45) is 0. The number of fused-ring (bicyclic) bond motifs is 1. The summed E-state index contributed by atoms with van der Waals surface area (Å²) in [5.41, 5.74) is 4.23. The van der Waals surface area contributed by atoms with Gasteiger partial charge in [0.1, 0.15) is 0 Å². The van der Waals surface area contributed by atoms with E-state index in [2.05, 4.69) is 81.4 Å². The van der Waals surface area contributed by atoms with Crippen LogP contribution in [-0.2, 0) is 31.6 Å². The van der Waals surface area contributed by atoms with E-state index in [1.807, 2.05) is 0 Å². The summed E-state index contributed by atoms with van der Waals surface area (Å²) in [6.45, 7) is 6.75. The predicted molar refractivity (Wildman–Crippen MR) is 83.7 cm³/mol. The van der Waals surface area contributed by atoms with Gasteiger partial charge in [0.05, 0.1) is 0 Å². The third-order valence-corrected chi connectivity index (χ3v) is 3.74. The zero-order valence-electron chi connectivity index (χ0n) is 12.3. The average Bonchev–Trinajstić information content (AvgIpc) is 2.82. The number of hydrogen-bond acceptors (Lipinski definition) is 0. The van der Waals surface area contributed by atoms with Crippen LogP contribution in [-0.4, -0.2) is 0 Å². The first-order chi connectivity index (χ1) is 9.05. The van der Waals surface area contributed by atoms with Crippen molar-refractivity contribution in [3.63, 3.8) is 0 Å². The van der Waals surface area contributed by atoms with Crippen LogP contribution < -0.4 is 0 Å². The SMILES string of the molecule is CC(C)(C)c1ccc(-c2c[cH-]c3ccccc23)cc1.[Zr]. The second-order valence-corrected chi connectivity index (χ2v) is 6.16. The minimum Gasteiger partial charge on any atom is -0.150 e. The molecule has 0 aliphatic heterocycles. The van der Waals surface area contributed by atoms with Gasteiger partial charge in [0.15, 0.2) is 0 Å². The molecule has 0 unspecified atom stereocenters. The minimum absolute atomic E-state index is 0. The monoisotopic (exact) mass is 337 g/mol. The normalized spacial score (nSPS) is 11.3. The molecule has 0 N–H and O–H groups in total. The zero-order chi connectivity index (χ0) is 13.5. The molecule has 0 aliphatic rings. The Morgan fingerprint density at radius 3 is 2.15 bits per heavy atom. The molecule has 0 spiro atoms. The Morgan fingerprint density at radius 1 is 0.850 bits per heavy atom. The van der Waals surface area contributed by atoms with Gasteiger partial charge in [0, 0.05) is 26.2 Å². The molecule has 0 aromatic heterocycles. The van der Waals surface area contributed by atoms with Crippen LogP contribution in [0, 0.1) is 0 Å². The minimum atomic E-state index is 0. The van der Waals surface area contributed by atoms with E-state index in [1.165, 1.54) is 27.5 Å². The Morgan fingerprint density at radius 2 is 1.50 bits per heavy atom. The maximum absolute atomic E-state index is 2.25. The molecule has 3 aromatic rings. The molecule has 0 amide bonds. The van der Waals surface area contributed by atoms with Gasteiger partial charge in [-0.25, -0.2) is 0 Å². The van der Waals surface area contributed by atoms with Crippen LogP contribution in [0.4, 0.5) is 0 Å². The standard InChI is InChI=1S/C19H19.Zr/c1-19(2,3)16-11-8-15(9-12-16)18-13-10-14-6-4-5-7-17(14)18;/h4-13H,1-3H3;/q-1;. The average molecular weight is 339 g/mol. The van der Waals surface area contributed by atoms with Crippen LogP contribution in [0.3, 0.4) is 0 Å². The summed E-state index contributed by atoms with van der Waals surface area (Å²) in [6, 6.07) is 22.0. The third kappa shape index (κ3) is 2.84. The molecule has 0 saturated carbocycles. The summed E-state index contributed by atoms with van der Waals surface area (Å²) in [7, 11) is 0. The zero-order valence-corrected chi connectivity index (χ0v) is 14.7. The Balaban J connectivity index is 0.00000147. The van der Waals surface area contributed by atoms with Gasteiger partial charge in [-0.05, 0) is 11.0 Å². The van der Waals surface area contributed by atoms with Gasteiger partial charge in [0.25, 0.3) is 0 Å². The van der Waals surface area contributed by atoms with E-state index in [1.54, 1.807) is 0 Å². The van der Waals surface area contributed by atoms with Gasteiger partial charge < -0.3 is 0 Å². The summed E-state index contributed by atoms with van der Waals surface area (Å²) in [5, 5.41) is 2.66. The van der Waals surface area contributed by atoms with Gasteiger partial charge in [-0.1, -0.05) is 56.7 Å². The molecular formula is C19H19Zr-. The molecule has 3 rings (SSSR count). The molecule has 0 atom stereocenters. The Kier molecular flexibility index (Phi) is 4.40. The Labute approximate surface area is 140 Å². The molecule has 0 aliphatic carbocycles. The van der Waals surface area contributed by atoms with E-state index in [0.29, 0.717) is 0 Å². The molecular weight excluding hydrogens is 319 g/mol. The smallest absolute Gasteiger partial charge is 0 e. The van der Waals surface area contributed by atoms with Crippen LogP contribution in [0.2, 0.25) is 0 Å². The molecule has 0 heterocycles. The second-order valence-electron chi connectivity index (χ2n) is 6.16. The van der Waals surface area contributed by atoms with Gasteiger partial charge >= 0.3 is 0 Å². The van der Waals surface area contributed by atoms with Crippen LogP contribution in [0.25, 0.3) is 21.9 Å². The van der Waals surface area contributed by atoms with Gasteiger partial charge in [-0.2, -0.15) is 0 Å². The topological polar surface area (TPSA) is 0 Å². The van der Waals surface area contributed by atoms with Gasteiger partial charge in [0.2, 0.25) is 0 Å². The van der Waals surface area contributed by atoms with Gasteiger partial charge in [-0.3, -0.25) is 0 Å². The number of benzene rings is 2. The van der Waals surface area contributed by atoms with Crippen molar-refractivity contribution >= 4 is 10.8 Å². The number of rotatable bonds is 1. The maximum Gasteiger partial charge on any atom is 0 e. The molecule has 3 aromatic carbocycles. The Bertz CT molecular complexity index is 696. The van der Waals surface area contributed by atoms with E-state index in [9.17, 15) is 0 Å². The van der Waals surface area contributed by atoms with Crippen LogP contribution in [0.5, 0.6) is 0 Å². The van der Waals surface area contributed by atoms with Crippen molar-refractivity contribution in [3.05, 3.63) is 66.2 Å². The second kappa shape index (κ2) is 5.74. The van der Waals surface area contributed by atoms with E-state index in [4.69, 9.17) is 0 Å². The summed E-state index contributed by atoms with van der Waals surface area (Å²) >= 11 is 0. The summed E-state index contributed by atoms with van der Waals surface area (Å²) in [5.74, 6) is 0. The fraction of sp³-hybridized carbons (Fsp3) is 0.211. The first kappa shape index (κ1) is 15.3. The fourth-order valence-electron chi connectivity index (χ4n) is 2.55. The summed E-state index contributed by atoms with van der Waals surface area (Å²) in [4.78, 5) is 0. The van der Waals surface area contributed by atoms with Crippen molar-refractivity contribution < 1.29 is 26.2 Å². The van der Waals surface area contributed by atoms with Crippen molar-refractivity contribution in [2.45, 2.75) is 26.2 Å². The van der Waals surface area contributed by atoms with Crippen LogP contribution >= 0.6 is 0 Å². The molecule has 0 radical (unpaired) electrons. The molecule has 20 heavy (non-hydrogen) atoms. The maximum atomic E-state index is 2.25. The van der Waals surface area contributed by atoms with Crippen molar-refractivity contribution in [1.82, 2.24) is 0 Å². The molecule has 0 nitrogen and oxygen atoms in total. The molecule has 0 fully saturated rings. The number of hydrogen-bond donors (Lipinski definition) is 0. The van der Waals surface area contributed by atoms with Gasteiger partial charge in [-0.15, -0.1) is 46.7 Å². The quantitative estimate of drug-likeness (QED) is 0.512. The van der Waals surface area contributed by atoms with E-state index in [0.717, 1.165) is 0 Å². The van der Waals surface area contributed by atoms with Crippen LogP contribution in [0.1, 0.15) is 26.3 Å². The molecule has 1 heteroatoms. The third-order valence-electron chi connectivity index (χ3n) is 3.74. The van der Waals surface area contributed by atoms with Crippen molar-refractivity contribution in [1.29, 1.82) is 0 Å². The summed E-state index contributed by atoms with van der Waals surface area (Å²) < 4.78 is 0. The van der Waals surface area contributed by atoms with Crippen molar-refractivity contribution in [2.24, 2.45) is 0 Å². The molecule has 0 saturated heterocycles. The van der Waals surface area contributed by atoms with E-state index >= 15 is 0 Å². The first-order valence-electron chi connectivity index (χ1n) is 6.81.